The number of hydrogen-bond acceptors (Lipinski definition) is 2. The van der Waals surface area contributed by atoms with Crippen LogP contribution in [0.3, 0.4) is 0 Å². The zero-order chi connectivity index (χ0) is 14.0. The molecule has 3 nitrogen and oxygen atoms in total. The lowest BCUT2D eigenvalue weighted by atomic mass is 10.1. The standard InChI is InChI=1S/C16H24N2O/c1-11(2)13(4)17-16(19)10-18-12(3)9-14-7-5-6-8-15(14)18/h5-8,11-13H,9-10H2,1-4H3,(H,17,19). The van der Waals surface area contributed by atoms with Crippen molar-refractivity contribution in [2.24, 2.45) is 5.92 Å². The van der Waals surface area contributed by atoms with Crippen LogP contribution in [0.5, 0.6) is 0 Å². The number of carbonyl (C=O) groups excluding carboxylic acids is 1. The van der Waals surface area contributed by atoms with E-state index in [9.17, 15) is 4.79 Å². The number of rotatable bonds is 4. The van der Waals surface area contributed by atoms with E-state index in [-0.39, 0.29) is 11.9 Å². The number of anilines is 1. The molecule has 0 aromatic heterocycles. The molecular weight excluding hydrogens is 236 g/mol. The molecule has 1 heterocycles. The molecule has 19 heavy (non-hydrogen) atoms. The molecule has 0 fully saturated rings. The Morgan fingerprint density at radius 3 is 2.74 bits per heavy atom. The minimum atomic E-state index is 0.116. The fourth-order valence-corrected chi connectivity index (χ4v) is 2.49. The third-order valence-electron chi connectivity index (χ3n) is 4.05. The van der Waals surface area contributed by atoms with Crippen molar-refractivity contribution in [2.75, 3.05) is 11.4 Å². The van der Waals surface area contributed by atoms with Crippen LogP contribution in [0, 0.1) is 5.92 Å². The predicted molar refractivity (Wildman–Crippen MR) is 79.4 cm³/mol. The number of amides is 1. The third kappa shape index (κ3) is 3.09. The highest BCUT2D eigenvalue weighted by molar-refractivity contribution is 5.82. The molecule has 0 radical (unpaired) electrons. The lowest BCUT2D eigenvalue weighted by molar-refractivity contribution is -0.120. The molecule has 104 valence electrons. The second-order valence-corrected chi connectivity index (χ2v) is 5.91. The van der Waals surface area contributed by atoms with Gasteiger partial charge in [-0.2, -0.15) is 0 Å². The van der Waals surface area contributed by atoms with Crippen LogP contribution in [0.1, 0.15) is 33.3 Å². The Balaban J connectivity index is 2.01. The average Bonchev–Trinajstić information content (AvgIpc) is 2.66. The molecule has 2 atom stereocenters. The maximum Gasteiger partial charge on any atom is 0.239 e. The van der Waals surface area contributed by atoms with Gasteiger partial charge >= 0.3 is 0 Å². The maximum atomic E-state index is 12.1. The van der Waals surface area contributed by atoms with Crippen molar-refractivity contribution in [2.45, 2.75) is 46.2 Å². The van der Waals surface area contributed by atoms with Gasteiger partial charge in [0.2, 0.25) is 5.91 Å². The van der Waals surface area contributed by atoms with E-state index in [0.29, 0.717) is 18.5 Å². The van der Waals surface area contributed by atoms with Gasteiger partial charge in [-0.3, -0.25) is 4.79 Å². The molecule has 0 aliphatic carbocycles. The van der Waals surface area contributed by atoms with E-state index >= 15 is 0 Å². The fourth-order valence-electron chi connectivity index (χ4n) is 2.49. The van der Waals surface area contributed by atoms with E-state index < -0.39 is 0 Å². The van der Waals surface area contributed by atoms with Gasteiger partial charge in [-0.05, 0) is 37.8 Å². The summed E-state index contributed by atoms with van der Waals surface area (Å²) in [6.07, 6.45) is 1.03. The summed E-state index contributed by atoms with van der Waals surface area (Å²) >= 11 is 0. The van der Waals surface area contributed by atoms with Crippen molar-refractivity contribution >= 4 is 11.6 Å². The van der Waals surface area contributed by atoms with Crippen LogP contribution in [0.2, 0.25) is 0 Å². The molecule has 0 spiro atoms. The van der Waals surface area contributed by atoms with Crippen molar-refractivity contribution in [3.05, 3.63) is 29.8 Å². The molecular formula is C16H24N2O. The Bertz CT molecular complexity index is 456. The van der Waals surface area contributed by atoms with Gasteiger partial charge in [-0.25, -0.2) is 0 Å². The van der Waals surface area contributed by atoms with Gasteiger partial charge in [0.05, 0.1) is 6.54 Å². The quantitative estimate of drug-likeness (QED) is 0.902. The fraction of sp³-hybridized carbons (Fsp3) is 0.562. The first kappa shape index (κ1) is 13.9. The monoisotopic (exact) mass is 260 g/mol. The van der Waals surface area contributed by atoms with Gasteiger partial charge in [0, 0.05) is 17.8 Å². The van der Waals surface area contributed by atoms with Crippen molar-refractivity contribution in [1.82, 2.24) is 5.32 Å². The minimum absolute atomic E-state index is 0.116. The van der Waals surface area contributed by atoms with Gasteiger partial charge in [-0.15, -0.1) is 0 Å². The van der Waals surface area contributed by atoms with E-state index in [0.717, 1.165) is 6.42 Å². The predicted octanol–water partition coefficient (Wildman–Crippen LogP) is 2.60. The normalized spacial score (nSPS) is 19.4. The summed E-state index contributed by atoms with van der Waals surface area (Å²) in [6.45, 7) is 8.94. The van der Waals surface area contributed by atoms with Crippen LogP contribution in [0.25, 0.3) is 0 Å². The highest BCUT2D eigenvalue weighted by atomic mass is 16.2. The molecule has 1 N–H and O–H groups in total. The lowest BCUT2D eigenvalue weighted by Crippen LogP contribution is -2.44. The molecule has 3 heteroatoms. The summed E-state index contributed by atoms with van der Waals surface area (Å²) < 4.78 is 0. The molecule has 1 amide bonds. The Morgan fingerprint density at radius 1 is 1.37 bits per heavy atom. The second-order valence-electron chi connectivity index (χ2n) is 5.91. The van der Waals surface area contributed by atoms with Crippen molar-refractivity contribution in [1.29, 1.82) is 0 Å². The molecule has 1 aliphatic rings. The first-order valence-electron chi connectivity index (χ1n) is 7.13. The van der Waals surface area contributed by atoms with Crippen LogP contribution in [0.15, 0.2) is 24.3 Å². The van der Waals surface area contributed by atoms with Gasteiger partial charge in [0.15, 0.2) is 0 Å². The van der Waals surface area contributed by atoms with Crippen LogP contribution in [0.4, 0.5) is 5.69 Å². The van der Waals surface area contributed by atoms with Gasteiger partial charge in [-0.1, -0.05) is 32.0 Å². The van der Waals surface area contributed by atoms with Crippen LogP contribution in [-0.4, -0.2) is 24.5 Å². The summed E-state index contributed by atoms with van der Waals surface area (Å²) in [5.74, 6) is 0.581. The second kappa shape index (κ2) is 5.64. The highest BCUT2D eigenvalue weighted by Gasteiger charge is 2.27. The highest BCUT2D eigenvalue weighted by Crippen LogP contribution is 2.31. The Morgan fingerprint density at radius 2 is 2.05 bits per heavy atom. The summed E-state index contributed by atoms with van der Waals surface area (Å²) in [5.41, 5.74) is 2.56. The largest absolute Gasteiger partial charge is 0.359 e. The zero-order valence-electron chi connectivity index (χ0n) is 12.3. The van der Waals surface area contributed by atoms with Crippen LogP contribution in [-0.2, 0) is 11.2 Å². The number of nitrogens with one attached hydrogen (secondary N) is 1. The summed E-state index contributed by atoms with van der Waals surface area (Å²) in [4.78, 5) is 14.3. The van der Waals surface area contributed by atoms with Crippen LogP contribution >= 0.6 is 0 Å². The average molecular weight is 260 g/mol. The maximum absolute atomic E-state index is 12.1. The zero-order valence-corrected chi connectivity index (χ0v) is 12.3. The molecule has 0 bridgehead atoms. The van der Waals surface area contributed by atoms with Gasteiger partial charge in [0.25, 0.3) is 0 Å². The first-order chi connectivity index (χ1) is 8.99. The number of nitrogens with zero attached hydrogens (tertiary/aromatic N) is 1. The molecule has 1 aromatic rings. The third-order valence-corrected chi connectivity index (χ3v) is 4.05. The minimum Gasteiger partial charge on any atom is -0.359 e. The Labute approximate surface area is 116 Å². The number of carbonyl (C=O) groups is 1. The first-order valence-corrected chi connectivity index (χ1v) is 7.13. The number of para-hydroxylation sites is 1. The molecule has 0 saturated carbocycles. The summed E-state index contributed by atoms with van der Waals surface area (Å²) in [7, 11) is 0. The van der Waals surface area contributed by atoms with Gasteiger partial charge < -0.3 is 10.2 Å². The topological polar surface area (TPSA) is 32.3 Å². The van der Waals surface area contributed by atoms with E-state index in [2.05, 4.69) is 56.1 Å². The summed E-state index contributed by atoms with van der Waals surface area (Å²) in [5, 5.41) is 3.08. The Kier molecular flexibility index (Phi) is 4.13. The van der Waals surface area contributed by atoms with Crippen molar-refractivity contribution < 1.29 is 4.79 Å². The van der Waals surface area contributed by atoms with E-state index in [1.54, 1.807) is 0 Å². The lowest BCUT2D eigenvalue weighted by Gasteiger charge is -2.26. The molecule has 1 aliphatic heterocycles. The van der Waals surface area contributed by atoms with E-state index in [1.807, 2.05) is 6.07 Å². The molecule has 2 rings (SSSR count). The number of fused-ring (bicyclic) bond motifs is 1. The summed E-state index contributed by atoms with van der Waals surface area (Å²) in [6, 6.07) is 8.99. The van der Waals surface area contributed by atoms with E-state index in [4.69, 9.17) is 0 Å². The number of benzene rings is 1. The van der Waals surface area contributed by atoms with E-state index in [1.165, 1.54) is 11.3 Å². The molecule has 1 aromatic carbocycles. The number of hydrogen-bond donors (Lipinski definition) is 1. The SMILES string of the molecule is CC(C)C(C)NC(=O)CN1c2ccccc2CC1C. The van der Waals surface area contributed by atoms with Crippen LogP contribution < -0.4 is 10.2 Å². The van der Waals surface area contributed by atoms with Gasteiger partial charge in [0.1, 0.15) is 0 Å². The Hall–Kier alpha value is -1.51. The molecule has 2 unspecified atom stereocenters. The smallest absolute Gasteiger partial charge is 0.239 e. The van der Waals surface area contributed by atoms with Crippen molar-refractivity contribution in [3.63, 3.8) is 0 Å². The molecule has 0 saturated heterocycles. The van der Waals surface area contributed by atoms with Crippen molar-refractivity contribution in [3.8, 4) is 0 Å².